The summed E-state index contributed by atoms with van der Waals surface area (Å²) in [4.78, 5) is 182. The molecule has 70 heteroatoms. The van der Waals surface area contributed by atoms with E-state index in [9.17, 15) is 53.5 Å². The standard InChI is InChI=1S/C73H102N25O36P5S4/c1-31-19-93(72(103)87-56(31)74)42-17-35(33(3)124-42)130-136(107,140)120-21-37-36(18-43(125-37)94-20-32(2)57(75)88-73(94)104)131-137(108,141)122-24-40-49(53(116-14-10-112-6)67(128-40)95-27-81-44-58(76)79-26-80-59(44)95)132-135(105,106)119-23-39-50(54(117-15-11-113-7)68(127-39)97-29-83-46-61(97)89-70(77)91-64(46)101)133-139(110,143)123-25-41-51(55(118-16-12-114-8)69(129-41)98-30-84-47-62(98)90-71(78)92-65(47)102)134-138(109,142)121-22-38-48(99)52(115-13-9-111-5)66(126-38)96-28-82-45-60(96)85-34(4)86-63(45)100/h19-20,26-30,33,35-43,48-55,66-69,99H,9-18,21-25H2,1-8H3,(H,105,106)(H,107,140)(H,108,141)(H,109,142)(H,110,143)(H2,74,87,103)(H2,75,88,104)(H2,76,79,80)(H,85,86,100)(H3,77,89,91,101)(H3,78,90,92,102)/t33-,35?,36?,37-,38-,39-,40-,41-,42-,43-,48?,49?,50?,51?,52+,53+,54+,55+,66-,67-,68-,69-,136?,137?,138?,139?/m1/s1. The smallest absolute Gasteiger partial charge is 0.387 e. The molecule has 11 unspecified atom stereocenters. The number of nitrogens with one attached hydrogen (secondary N) is 3. The Morgan fingerprint density at radius 3 is 1.22 bits per heavy atom. The molecule has 0 amide bonds. The number of fused-ring (bicyclic) bond motifs is 4. The van der Waals surface area contributed by atoms with Gasteiger partial charge in [0.2, 0.25) is 11.9 Å². The van der Waals surface area contributed by atoms with E-state index in [-0.39, 0.29) is 140 Å². The zero-order valence-electron chi connectivity index (χ0n) is 76.6. The van der Waals surface area contributed by atoms with Crippen LogP contribution in [0.5, 0.6) is 0 Å². The number of aromatic amines is 3. The molecule has 27 atom stereocenters. The van der Waals surface area contributed by atoms with Crippen molar-refractivity contribution in [1.82, 2.24) is 97.2 Å². The Morgan fingerprint density at radius 2 is 0.762 bits per heavy atom. The van der Waals surface area contributed by atoms with Gasteiger partial charge in [0.25, 0.3) is 16.7 Å². The summed E-state index contributed by atoms with van der Waals surface area (Å²) in [5.41, 5.74) is 26.6. The molecular formula is C73H102N25O36P5S4. The first-order valence-corrected chi connectivity index (χ1v) is 55.2. The number of nitrogens with two attached hydrogens (primary N) is 5. The lowest BCUT2D eigenvalue weighted by Gasteiger charge is -2.30. The highest BCUT2D eigenvalue weighted by Gasteiger charge is 2.58. The molecule has 6 fully saturated rings. The number of hydrogen-bond acceptors (Lipinski definition) is 51. The van der Waals surface area contributed by atoms with Crippen LogP contribution in [0.15, 0.2) is 68.0 Å². The van der Waals surface area contributed by atoms with Crippen molar-refractivity contribution in [3.05, 3.63) is 113 Å². The third-order valence-corrected chi connectivity index (χ3v) is 30.6. The van der Waals surface area contributed by atoms with Gasteiger partial charge < -0.3 is 157 Å². The molecule has 6 aliphatic rings. The molecule has 0 aliphatic carbocycles. The fourth-order valence-corrected chi connectivity index (χ4v) is 23.4. The maximum Gasteiger partial charge on any atom is 0.472 e. The number of phosphoric acid groups is 1. The number of H-pyrrole nitrogens is 3. The summed E-state index contributed by atoms with van der Waals surface area (Å²) in [5.74, 6) is -0.707. The minimum atomic E-state index is -5.82. The average Bonchev–Trinajstić information content (AvgIpc) is 1.61. The minimum Gasteiger partial charge on any atom is -0.387 e. The number of imidazole rings is 4. The van der Waals surface area contributed by atoms with E-state index >= 15 is 4.57 Å². The minimum absolute atomic E-state index is 0.0154. The predicted octanol–water partition coefficient (Wildman–Crippen LogP) is -1.78. The molecule has 0 radical (unpaired) electrons. The number of aliphatic hydroxyl groups excluding tert-OH is 1. The lowest BCUT2D eigenvalue weighted by Crippen LogP contribution is -2.40. The number of aryl methyl sites for hydroxylation is 3. The zero-order valence-corrected chi connectivity index (χ0v) is 84.4. The van der Waals surface area contributed by atoms with E-state index in [1.54, 1.807) is 27.7 Å². The van der Waals surface area contributed by atoms with Crippen molar-refractivity contribution in [2.24, 2.45) is 0 Å². The Kier molecular flexibility index (Phi) is 34.0. The third kappa shape index (κ3) is 24.4. The number of methoxy groups -OCH3 is 4. The molecule has 16 rings (SSSR count). The van der Waals surface area contributed by atoms with Crippen molar-refractivity contribution >= 4 is 156 Å². The van der Waals surface area contributed by atoms with E-state index in [4.69, 9.17) is 187 Å². The molecule has 0 bridgehead atoms. The second-order valence-corrected chi connectivity index (χ2v) is 45.5. The quantitative estimate of drug-likeness (QED) is 0.0148. The number of hydrogen-bond donors (Lipinski definition) is 14. The molecule has 0 saturated carbocycles. The van der Waals surface area contributed by atoms with Crippen LogP contribution in [-0.2, 0) is 163 Å². The van der Waals surface area contributed by atoms with E-state index in [2.05, 4.69) is 69.8 Å². The summed E-state index contributed by atoms with van der Waals surface area (Å²) in [7, 11) is -0.320. The Bertz CT molecular complexity index is 6830. The number of nitrogen functional groups attached to an aromatic ring is 5. The van der Waals surface area contributed by atoms with E-state index in [1.165, 1.54) is 76.3 Å². The van der Waals surface area contributed by atoms with Gasteiger partial charge in [-0.3, -0.25) is 69.8 Å². The van der Waals surface area contributed by atoms with Crippen LogP contribution in [0.2, 0.25) is 0 Å². The first kappa shape index (κ1) is 108. The maximum atomic E-state index is 15.5. The van der Waals surface area contributed by atoms with Crippen molar-refractivity contribution in [2.75, 3.05) is 143 Å². The van der Waals surface area contributed by atoms with Gasteiger partial charge >= 0.3 is 46.1 Å². The number of aromatic nitrogens is 20. The Hall–Kier alpha value is -8.01. The lowest BCUT2D eigenvalue weighted by molar-refractivity contribution is -0.0815. The number of anilines is 5. The highest BCUT2D eigenvalue weighted by molar-refractivity contribution is 8.08. The van der Waals surface area contributed by atoms with Crippen LogP contribution >= 0.6 is 34.7 Å². The molecule has 0 spiro atoms. The molecular weight excluding hydrogens is 2090 g/mol. The number of rotatable bonds is 47. The van der Waals surface area contributed by atoms with Gasteiger partial charge in [0.15, 0.2) is 69.9 Å². The van der Waals surface area contributed by atoms with E-state index in [0.717, 1.165) is 23.5 Å². The van der Waals surface area contributed by atoms with Crippen LogP contribution in [0.4, 0.5) is 29.4 Å². The molecule has 143 heavy (non-hydrogen) atoms. The Morgan fingerprint density at radius 1 is 0.399 bits per heavy atom. The van der Waals surface area contributed by atoms with Gasteiger partial charge in [-0.15, -0.1) is 0 Å². The van der Waals surface area contributed by atoms with Crippen molar-refractivity contribution < 1.29 is 146 Å². The van der Waals surface area contributed by atoms with Gasteiger partial charge in [0.05, 0.1) is 130 Å². The first-order valence-electron chi connectivity index (χ1n) is 43.4. The van der Waals surface area contributed by atoms with Gasteiger partial charge in [0.1, 0.15) is 121 Å². The maximum absolute atomic E-state index is 15.5. The highest BCUT2D eigenvalue weighted by Crippen LogP contribution is 2.58. The molecule has 19 N–H and O–H groups in total. The van der Waals surface area contributed by atoms with Gasteiger partial charge in [-0.1, -0.05) is 0 Å². The Labute approximate surface area is 826 Å². The number of aliphatic hydroxyl groups is 1. The second-order valence-electron chi connectivity index (χ2n) is 32.9. The van der Waals surface area contributed by atoms with Crippen LogP contribution in [0.25, 0.3) is 44.7 Å². The molecule has 0 aromatic carbocycles. The van der Waals surface area contributed by atoms with E-state index in [0.29, 0.717) is 11.1 Å². The molecule has 10 aromatic rings. The average molecular weight is 2190 g/mol. The van der Waals surface area contributed by atoms with Crippen molar-refractivity contribution in [1.29, 1.82) is 0 Å². The highest BCUT2D eigenvalue weighted by atomic mass is 32.5. The van der Waals surface area contributed by atoms with E-state index in [1.807, 2.05) is 0 Å². The van der Waals surface area contributed by atoms with Crippen molar-refractivity contribution in [2.45, 2.75) is 176 Å². The topological polar surface area (TPSA) is 794 Å². The second kappa shape index (κ2) is 45.2. The molecule has 6 saturated heterocycles. The predicted molar refractivity (Wildman–Crippen MR) is 504 cm³/mol. The summed E-state index contributed by atoms with van der Waals surface area (Å²) in [6, 6.07) is 0. The van der Waals surface area contributed by atoms with Gasteiger partial charge in [-0.25, -0.2) is 49.0 Å². The fourth-order valence-electron chi connectivity index (χ4n) is 16.6. The molecule has 784 valence electrons. The molecule has 10 aromatic heterocycles. The monoisotopic (exact) mass is 2190 g/mol. The number of ether oxygens (including phenoxy) is 14. The van der Waals surface area contributed by atoms with Crippen LogP contribution < -0.4 is 56.7 Å². The van der Waals surface area contributed by atoms with Crippen LogP contribution in [-0.4, -0.2) is 339 Å². The van der Waals surface area contributed by atoms with Crippen molar-refractivity contribution in [3.63, 3.8) is 0 Å². The van der Waals surface area contributed by atoms with Crippen LogP contribution in [0.3, 0.4) is 0 Å². The molecule has 6 aliphatic heterocycles. The summed E-state index contributed by atoms with van der Waals surface area (Å²) < 4.78 is 170. The summed E-state index contributed by atoms with van der Waals surface area (Å²) >= 11 is 22.9. The third-order valence-electron chi connectivity index (χ3n) is 23.3. The normalized spacial score (nSPS) is 29.0. The molecule has 61 nitrogen and oxygen atoms in total. The summed E-state index contributed by atoms with van der Waals surface area (Å²) in [6.45, 7) is -18.3. The first-order chi connectivity index (χ1) is 68.0. The number of nitrogens with zero attached hydrogens (tertiary/aromatic N) is 17. The van der Waals surface area contributed by atoms with Gasteiger partial charge in [0, 0.05) is 64.8 Å². The fraction of sp³-hybridized carbons (Fsp3) is 0.616. The zero-order chi connectivity index (χ0) is 102. The lowest BCUT2D eigenvalue weighted by atomic mass is 10.1. The summed E-state index contributed by atoms with van der Waals surface area (Å²) in [5, 5.41) is 12.0. The molecule has 16 heterocycles. The SMILES string of the molecule is COCCO[C@H]1C(O)[C@@H](COP(O)(=S)OC2[C@@H](COP(O)(=S)OC3[C@@H](COP(=O)(O)OC4[C@@H](COP(O)(=S)OC5C[C@H](n6cc(C)c(N)nc6=O)O[C@@H]5COP(O)(=S)OC5C[C@H](n6cc(C)c(N)nc6=O)O[C@@H]5C)O[C@@H](n5cnc6c(N)ncnc65)[C@H]4OCCOC)O[C@@H](n4cnc5c(=O)[nH]c(N)nc54)[C@H]3OCCOC)O[C@@H](n3cnc4c(=O)[nH]c(N)nc43)[C@H]2OCCOC)O[C@H]1n1cnc2c(=O)[nH]c(C)nc21. The van der Waals surface area contributed by atoms with Gasteiger partial charge in [-0.2, -0.15) is 19.9 Å². The van der Waals surface area contributed by atoms with Crippen LogP contribution in [0.1, 0.15) is 74.1 Å². The van der Waals surface area contributed by atoms with Gasteiger partial charge in [-0.05, 0) is 74.9 Å². The van der Waals surface area contributed by atoms with Crippen LogP contribution in [0, 0.1) is 20.8 Å². The summed E-state index contributed by atoms with van der Waals surface area (Å²) in [6.07, 6.45) is -24.1. The number of phosphoric ester groups is 1. The van der Waals surface area contributed by atoms with Crippen molar-refractivity contribution in [3.8, 4) is 0 Å². The Balaban J connectivity index is 0.682. The largest absolute Gasteiger partial charge is 0.472 e. The van der Waals surface area contributed by atoms with E-state index < -0.39 is 237 Å².